The predicted molar refractivity (Wildman–Crippen MR) is 132 cm³/mol. The molecule has 0 atom stereocenters. The maximum Gasteiger partial charge on any atom is 0.262 e. The Hall–Kier alpha value is -2.82. The molecule has 0 spiro atoms. The Balaban J connectivity index is 2.12. The molecule has 174 valence electrons. The molecule has 2 aromatic carbocycles. The standard InChI is InChI=1S/C27H38N2O3/c1-8-9-16-28-25(31)20-12-10-11-13-22(20)29-24(30)18-32-23-15-14-19(26(2,3)4)17-21(23)27(5,6)7/h10-15,17H,8-9,16,18H2,1-7H3,(H,28,31)(H,29,30). The largest absolute Gasteiger partial charge is 0.483 e. The highest BCUT2D eigenvalue weighted by atomic mass is 16.5. The summed E-state index contributed by atoms with van der Waals surface area (Å²) in [6.07, 6.45) is 1.92. The number of benzene rings is 2. The zero-order valence-corrected chi connectivity index (χ0v) is 20.6. The number of unbranched alkanes of at least 4 members (excludes halogenated alkanes) is 1. The van der Waals surface area contributed by atoms with E-state index in [1.54, 1.807) is 24.3 Å². The highest BCUT2D eigenvalue weighted by Crippen LogP contribution is 2.35. The van der Waals surface area contributed by atoms with Gasteiger partial charge in [-0.2, -0.15) is 0 Å². The van der Waals surface area contributed by atoms with Crippen molar-refractivity contribution in [3.8, 4) is 5.75 Å². The van der Waals surface area contributed by atoms with Crippen LogP contribution in [0.5, 0.6) is 5.75 Å². The van der Waals surface area contributed by atoms with E-state index in [9.17, 15) is 9.59 Å². The van der Waals surface area contributed by atoms with E-state index >= 15 is 0 Å². The third-order valence-electron chi connectivity index (χ3n) is 5.27. The van der Waals surface area contributed by atoms with Crippen LogP contribution in [0.2, 0.25) is 0 Å². The third kappa shape index (κ3) is 7.11. The summed E-state index contributed by atoms with van der Waals surface area (Å²) in [5, 5.41) is 5.71. The van der Waals surface area contributed by atoms with E-state index in [1.165, 1.54) is 5.56 Å². The molecule has 0 radical (unpaired) electrons. The van der Waals surface area contributed by atoms with Crippen molar-refractivity contribution in [2.75, 3.05) is 18.5 Å². The molecule has 0 saturated carbocycles. The summed E-state index contributed by atoms with van der Waals surface area (Å²) in [6.45, 7) is 15.5. The molecule has 0 unspecified atom stereocenters. The first-order chi connectivity index (χ1) is 14.9. The van der Waals surface area contributed by atoms with E-state index < -0.39 is 0 Å². The van der Waals surface area contributed by atoms with Gasteiger partial charge >= 0.3 is 0 Å². The molecule has 2 N–H and O–H groups in total. The van der Waals surface area contributed by atoms with Gasteiger partial charge in [-0.3, -0.25) is 9.59 Å². The quantitative estimate of drug-likeness (QED) is 0.510. The lowest BCUT2D eigenvalue weighted by atomic mass is 9.80. The van der Waals surface area contributed by atoms with E-state index in [1.807, 2.05) is 6.07 Å². The number of rotatable bonds is 8. The van der Waals surface area contributed by atoms with Gasteiger partial charge in [0.2, 0.25) is 0 Å². The average Bonchev–Trinajstić information content (AvgIpc) is 2.71. The highest BCUT2D eigenvalue weighted by Gasteiger charge is 2.23. The van der Waals surface area contributed by atoms with Gasteiger partial charge in [-0.15, -0.1) is 0 Å². The van der Waals surface area contributed by atoms with Crippen LogP contribution in [0.15, 0.2) is 42.5 Å². The van der Waals surface area contributed by atoms with E-state index in [2.05, 4.69) is 71.2 Å². The lowest BCUT2D eigenvalue weighted by molar-refractivity contribution is -0.118. The maximum absolute atomic E-state index is 12.6. The first-order valence-corrected chi connectivity index (χ1v) is 11.4. The number of hydrogen-bond acceptors (Lipinski definition) is 3. The molecule has 2 rings (SSSR count). The van der Waals surface area contributed by atoms with Gasteiger partial charge in [-0.1, -0.05) is 79.2 Å². The molecule has 32 heavy (non-hydrogen) atoms. The molecule has 0 fully saturated rings. The maximum atomic E-state index is 12.6. The van der Waals surface area contributed by atoms with Gasteiger partial charge < -0.3 is 15.4 Å². The molecule has 5 heteroatoms. The molecule has 0 saturated heterocycles. The molecule has 0 aliphatic rings. The Labute approximate surface area is 192 Å². The highest BCUT2D eigenvalue weighted by molar-refractivity contribution is 6.04. The smallest absolute Gasteiger partial charge is 0.262 e. The Bertz CT molecular complexity index is 937. The normalized spacial score (nSPS) is 11.7. The summed E-state index contributed by atoms with van der Waals surface area (Å²) in [5.41, 5.74) is 3.11. The monoisotopic (exact) mass is 438 g/mol. The summed E-state index contributed by atoms with van der Waals surface area (Å²) in [7, 11) is 0. The molecule has 0 aliphatic carbocycles. The molecule has 5 nitrogen and oxygen atoms in total. The molecule has 0 heterocycles. The van der Waals surface area contributed by atoms with Gasteiger partial charge in [-0.05, 0) is 46.6 Å². The van der Waals surface area contributed by atoms with Gasteiger partial charge in [0, 0.05) is 6.54 Å². The molecule has 2 aromatic rings. The molecule has 0 aromatic heterocycles. The second-order valence-electron chi connectivity index (χ2n) is 10.2. The van der Waals surface area contributed by atoms with Crippen LogP contribution in [-0.2, 0) is 15.6 Å². The predicted octanol–water partition coefficient (Wildman–Crippen LogP) is 5.83. The number of para-hydroxylation sites is 1. The van der Waals surface area contributed by atoms with Crippen LogP contribution in [0.3, 0.4) is 0 Å². The topological polar surface area (TPSA) is 67.4 Å². The van der Waals surface area contributed by atoms with Crippen LogP contribution in [0.25, 0.3) is 0 Å². The number of hydrogen-bond donors (Lipinski definition) is 2. The summed E-state index contributed by atoms with van der Waals surface area (Å²) in [5.74, 6) is 0.202. The summed E-state index contributed by atoms with van der Waals surface area (Å²) in [6, 6.07) is 13.2. The Kier molecular flexibility index (Phi) is 8.48. The average molecular weight is 439 g/mol. The van der Waals surface area contributed by atoms with Gasteiger partial charge in [0.25, 0.3) is 11.8 Å². The van der Waals surface area contributed by atoms with Crippen molar-refractivity contribution < 1.29 is 14.3 Å². The van der Waals surface area contributed by atoms with Crippen molar-refractivity contribution in [3.05, 3.63) is 59.2 Å². The minimum atomic E-state index is -0.307. The lowest BCUT2D eigenvalue weighted by Gasteiger charge is -2.27. The Morgan fingerprint density at radius 3 is 2.25 bits per heavy atom. The molecule has 0 bridgehead atoms. The van der Waals surface area contributed by atoms with Gasteiger partial charge in [0.05, 0.1) is 11.3 Å². The van der Waals surface area contributed by atoms with Gasteiger partial charge in [0.1, 0.15) is 5.75 Å². The first kappa shape index (κ1) is 25.4. The van der Waals surface area contributed by atoms with Crippen LogP contribution in [-0.4, -0.2) is 25.0 Å². The summed E-state index contributed by atoms with van der Waals surface area (Å²) >= 11 is 0. The van der Waals surface area contributed by atoms with Crippen LogP contribution < -0.4 is 15.4 Å². The molecular formula is C27H38N2O3. The van der Waals surface area contributed by atoms with Crippen molar-refractivity contribution in [3.63, 3.8) is 0 Å². The van der Waals surface area contributed by atoms with Crippen LogP contribution in [0.1, 0.15) is 82.8 Å². The number of ether oxygens (including phenoxy) is 1. The van der Waals surface area contributed by atoms with Crippen LogP contribution >= 0.6 is 0 Å². The number of carbonyl (C=O) groups is 2. The van der Waals surface area contributed by atoms with Crippen molar-refractivity contribution >= 4 is 17.5 Å². The van der Waals surface area contributed by atoms with Crippen LogP contribution in [0, 0.1) is 0 Å². The zero-order chi connectivity index (χ0) is 23.9. The zero-order valence-electron chi connectivity index (χ0n) is 20.6. The Morgan fingerprint density at radius 2 is 1.62 bits per heavy atom. The SMILES string of the molecule is CCCCNC(=O)c1ccccc1NC(=O)COc1ccc(C(C)(C)C)cc1C(C)(C)C. The summed E-state index contributed by atoms with van der Waals surface area (Å²) < 4.78 is 5.93. The third-order valence-corrected chi connectivity index (χ3v) is 5.27. The van der Waals surface area contributed by atoms with Crippen molar-refractivity contribution in [2.24, 2.45) is 0 Å². The number of amides is 2. The number of anilines is 1. The van der Waals surface area contributed by atoms with E-state index in [0.717, 1.165) is 18.4 Å². The van der Waals surface area contributed by atoms with E-state index in [0.29, 0.717) is 23.5 Å². The number of nitrogens with one attached hydrogen (secondary N) is 2. The van der Waals surface area contributed by atoms with Gasteiger partial charge in [0.15, 0.2) is 6.61 Å². The fourth-order valence-corrected chi connectivity index (χ4v) is 3.30. The molecular weight excluding hydrogens is 400 g/mol. The van der Waals surface area contributed by atoms with Crippen molar-refractivity contribution in [1.82, 2.24) is 5.32 Å². The molecule has 2 amide bonds. The second-order valence-corrected chi connectivity index (χ2v) is 10.2. The van der Waals surface area contributed by atoms with Gasteiger partial charge in [-0.25, -0.2) is 0 Å². The second kappa shape index (κ2) is 10.7. The first-order valence-electron chi connectivity index (χ1n) is 11.4. The minimum absolute atomic E-state index is 0.0251. The lowest BCUT2D eigenvalue weighted by Crippen LogP contribution is -2.27. The van der Waals surface area contributed by atoms with Crippen molar-refractivity contribution in [1.29, 1.82) is 0 Å². The van der Waals surface area contributed by atoms with E-state index in [-0.39, 0.29) is 29.3 Å². The summed E-state index contributed by atoms with van der Waals surface area (Å²) in [4.78, 5) is 25.1. The number of carbonyl (C=O) groups excluding carboxylic acids is 2. The fraction of sp³-hybridized carbons (Fsp3) is 0.481. The molecule has 0 aliphatic heterocycles. The Morgan fingerprint density at radius 1 is 0.938 bits per heavy atom. The fourth-order valence-electron chi connectivity index (χ4n) is 3.30. The van der Waals surface area contributed by atoms with E-state index in [4.69, 9.17) is 4.74 Å². The minimum Gasteiger partial charge on any atom is -0.483 e. The van der Waals surface area contributed by atoms with Crippen molar-refractivity contribution in [2.45, 2.75) is 72.1 Å². The van der Waals surface area contributed by atoms with Crippen LogP contribution in [0.4, 0.5) is 5.69 Å².